The lowest BCUT2D eigenvalue weighted by Gasteiger charge is -2.34. The van der Waals surface area contributed by atoms with Crippen molar-refractivity contribution in [3.63, 3.8) is 0 Å². The van der Waals surface area contributed by atoms with Crippen LogP contribution in [0.15, 0.2) is 54.2 Å². The Morgan fingerprint density at radius 3 is 2.42 bits per heavy atom. The van der Waals surface area contributed by atoms with Crippen LogP contribution in [0.3, 0.4) is 0 Å². The Morgan fingerprint density at radius 2 is 1.75 bits per heavy atom. The van der Waals surface area contributed by atoms with E-state index in [-0.39, 0.29) is 23.6 Å². The number of likely N-dealkylation sites (tertiary alicyclic amines) is 1. The fraction of sp³-hybridized carbons (Fsp3) is 0.379. The molecular formula is C29H33F2N5O4. The lowest BCUT2D eigenvalue weighted by Crippen LogP contribution is -2.53. The molecular weight excluding hydrogens is 520 g/mol. The number of amides is 5. The van der Waals surface area contributed by atoms with Crippen molar-refractivity contribution in [3.05, 3.63) is 77.0 Å². The third-order valence-electron chi connectivity index (χ3n) is 7.20. The summed E-state index contributed by atoms with van der Waals surface area (Å²) in [6, 6.07) is 8.25. The maximum Gasteiger partial charge on any atom is 0.330 e. The van der Waals surface area contributed by atoms with Gasteiger partial charge in [-0.25, -0.2) is 23.3 Å². The summed E-state index contributed by atoms with van der Waals surface area (Å²) in [6.07, 6.45) is 3.77. The minimum atomic E-state index is -1.19. The fourth-order valence-corrected chi connectivity index (χ4v) is 5.21. The van der Waals surface area contributed by atoms with Crippen LogP contribution in [0.2, 0.25) is 0 Å². The van der Waals surface area contributed by atoms with Crippen LogP contribution in [-0.2, 0) is 9.59 Å². The van der Waals surface area contributed by atoms with Crippen LogP contribution in [0.1, 0.15) is 56.2 Å². The first-order valence-corrected chi connectivity index (χ1v) is 13.3. The van der Waals surface area contributed by atoms with Gasteiger partial charge in [-0.3, -0.25) is 9.59 Å². The van der Waals surface area contributed by atoms with Crippen molar-refractivity contribution < 1.29 is 28.0 Å². The minimum absolute atomic E-state index is 0.0752. The molecule has 1 saturated heterocycles. The van der Waals surface area contributed by atoms with Crippen LogP contribution >= 0.6 is 0 Å². The van der Waals surface area contributed by atoms with Crippen molar-refractivity contribution in [1.29, 1.82) is 0 Å². The molecule has 11 heteroatoms. The number of rotatable bonds is 8. The zero-order valence-electron chi connectivity index (χ0n) is 22.5. The van der Waals surface area contributed by atoms with Crippen LogP contribution in [-0.4, -0.2) is 59.7 Å². The topological polar surface area (TPSA) is 111 Å². The van der Waals surface area contributed by atoms with Crippen LogP contribution in [0, 0.1) is 11.6 Å². The van der Waals surface area contributed by atoms with Gasteiger partial charge in [0.05, 0.1) is 6.04 Å². The number of nitrogens with one attached hydrogen (secondary N) is 3. The van der Waals surface area contributed by atoms with E-state index < -0.39 is 35.5 Å². The monoisotopic (exact) mass is 553 g/mol. The third kappa shape index (κ3) is 6.90. The number of carbonyl (C=O) groups excluding carboxylic acids is 4. The van der Waals surface area contributed by atoms with E-state index in [1.165, 1.54) is 31.7 Å². The number of benzene rings is 2. The molecule has 212 valence electrons. The van der Waals surface area contributed by atoms with Gasteiger partial charge in [0.25, 0.3) is 0 Å². The van der Waals surface area contributed by atoms with Gasteiger partial charge < -0.3 is 20.9 Å². The van der Waals surface area contributed by atoms with Gasteiger partial charge in [0.1, 0.15) is 0 Å². The highest BCUT2D eigenvalue weighted by atomic mass is 19.2. The van der Waals surface area contributed by atoms with Crippen LogP contribution < -0.4 is 16.0 Å². The van der Waals surface area contributed by atoms with Gasteiger partial charge in [0.15, 0.2) is 17.4 Å². The molecule has 2 aromatic rings. The van der Waals surface area contributed by atoms with Crippen LogP contribution in [0.4, 0.5) is 24.1 Å². The quantitative estimate of drug-likeness (QED) is 0.419. The Balaban J connectivity index is 1.30. The molecule has 0 bridgehead atoms. The highest BCUT2D eigenvalue weighted by Gasteiger charge is 2.38. The number of hydrogen-bond acceptors (Lipinski definition) is 5. The van der Waals surface area contributed by atoms with Crippen molar-refractivity contribution in [3.8, 4) is 0 Å². The van der Waals surface area contributed by atoms with E-state index in [0.717, 1.165) is 55.2 Å². The average Bonchev–Trinajstić information content (AvgIpc) is 2.92. The number of nitrogens with zero attached hydrogens (tertiary/aromatic N) is 2. The summed E-state index contributed by atoms with van der Waals surface area (Å²) >= 11 is 0. The molecule has 0 radical (unpaired) electrons. The standard InChI is InChI=1S/C29H33F2N5O4/c1-18(37)24-17-33-29(40)36(27(24)22-7-8-25(30)26(31)16-22)28(39)32-11-4-12-35-13-9-20(10-14-35)21-5-3-6-23(15-21)34-19(2)38/h3,5-8,15-17,20,27H,4,9-14H2,1-2H3,(H,32,39)(H,33,40)(H,34,38)/t27-/m0/s1. The molecule has 0 saturated carbocycles. The van der Waals surface area contributed by atoms with Gasteiger partial charge in [0, 0.05) is 30.9 Å². The molecule has 1 atom stereocenters. The largest absolute Gasteiger partial charge is 0.337 e. The Bertz CT molecular complexity index is 1320. The second kappa shape index (κ2) is 12.8. The first-order chi connectivity index (χ1) is 19.1. The smallest absolute Gasteiger partial charge is 0.330 e. The summed E-state index contributed by atoms with van der Waals surface area (Å²) in [5.74, 6) is -2.33. The van der Waals surface area contributed by atoms with Crippen molar-refractivity contribution in [2.24, 2.45) is 0 Å². The van der Waals surface area contributed by atoms with Crippen molar-refractivity contribution in [1.82, 2.24) is 20.4 Å². The Labute approximate surface area is 231 Å². The number of ketones is 1. The Kier molecular flexibility index (Phi) is 9.26. The van der Waals surface area contributed by atoms with E-state index in [2.05, 4.69) is 26.9 Å². The van der Waals surface area contributed by atoms with Crippen molar-refractivity contribution >= 4 is 29.4 Å². The third-order valence-corrected chi connectivity index (χ3v) is 7.20. The molecule has 0 unspecified atom stereocenters. The number of anilines is 1. The number of hydrogen-bond donors (Lipinski definition) is 3. The number of Topliss-reactive ketones (excluding diaryl/α,β-unsaturated/α-hetero) is 1. The predicted octanol–water partition coefficient (Wildman–Crippen LogP) is 4.44. The normalized spacial score (nSPS) is 18.1. The lowest BCUT2D eigenvalue weighted by molar-refractivity contribution is -0.115. The molecule has 2 heterocycles. The van der Waals surface area contributed by atoms with Crippen LogP contribution in [0.5, 0.6) is 0 Å². The number of carbonyl (C=O) groups is 4. The van der Waals surface area contributed by atoms with Gasteiger partial charge in [-0.05, 0) is 87.1 Å². The summed E-state index contributed by atoms with van der Waals surface area (Å²) in [4.78, 5) is 52.4. The molecule has 2 aliphatic rings. The first-order valence-electron chi connectivity index (χ1n) is 13.3. The van der Waals surface area contributed by atoms with Crippen molar-refractivity contribution in [2.45, 2.75) is 45.1 Å². The maximum absolute atomic E-state index is 14.0. The number of urea groups is 2. The SMILES string of the molecule is CC(=O)Nc1cccc(C2CCN(CCCNC(=O)N3C(=O)NC=C(C(C)=O)[C@@H]3c3ccc(F)c(F)c3)CC2)c1. The highest BCUT2D eigenvalue weighted by molar-refractivity contribution is 6.02. The second-order valence-electron chi connectivity index (χ2n) is 10.1. The van der Waals surface area contributed by atoms with E-state index in [4.69, 9.17) is 0 Å². The number of imide groups is 1. The zero-order valence-corrected chi connectivity index (χ0v) is 22.5. The second-order valence-corrected chi connectivity index (χ2v) is 10.1. The van der Waals surface area contributed by atoms with Gasteiger partial charge in [-0.15, -0.1) is 0 Å². The molecule has 0 spiro atoms. The molecule has 9 nitrogen and oxygen atoms in total. The van der Waals surface area contributed by atoms with E-state index in [1.54, 1.807) is 0 Å². The molecule has 40 heavy (non-hydrogen) atoms. The summed E-state index contributed by atoms with van der Waals surface area (Å²) < 4.78 is 27.5. The summed E-state index contributed by atoms with van der Waals surface area (Å²) in [5, 5.41) is 7.94. The lowest BCUT2D eigenvalue weighted by atomic mass is 9.89. The Hall–Kier alpha value is -4.12. The van der Waals surface area contributed by atoms with Gasteiger partial charge in [0.2, 0.25) is 5.91 Å². The van der Waals surface area contributed by atoms with Crippen molar-refractivity contribution in [2.75, 3.05) is 31.5 Å². The molecule has 3 N–H and O–H groups in total. The molecule has 1 fully saturated rings. The first kappa shape index (κ1) is 28.9. The number of piperidine rings is 1. The molecule has 4 rings (SSSR count). The minimum Gasteiger partial charge on any atom is -0.337 e. The Morgan fingerprint density at radius 1 is 1.00 bits per heavy atom. The molecule has 2 aromatic carbocycles. The van der Waals surface area contributed by atoms with Gasteiger partial charge in [-0.1, -0.05) is 18.2 Å². The van der Waals surface area contributed by atoms with Gasteiger partial charge >= 0.3 is 12.1 Å². The predicted molar refractivity (Wildman–Crippen MR) is 145 cm³/mol. The molecule has 2 aliphatic heterocycles. The summed E-state index contributed by atoms with van der Waals surface area (Å²) in [7, 11) is 0. The van der Waals surface area contributed by atoms with Crippen LogP contribution in [0.25, 0.3) is 0 Å². The van der Waals surface area contributed by atoms with E-state index in [9.17, 15) is 28.0 Å². The molecule has 0 aliphatic carbocycles. The zero-order chi connectivity index (χ0) is 28.8. The van der Waals surface area contributed by atoms with E-state index in [1.807, 2.05) is 18.2 Å². The van der Waals surface area contributed by atoms with E-state index in [0.29, 0.717) is 12.3 Å². The fourth-order valence-electron chi connectivity index (χ4n) is 5.21. The molecule has 5 amide bonds. The summed E-state index contributed by atoms with van der Waals surface area (Å²) in [5.41, 5.74) is 2.18. The number of halogens is 2. The maximum atomic E-state index is 14.0. The van der Waals surface area contributed by atoms with Gasteiger partial charge in [-0.2, -0.15) is 0 Å². The summed E-state index contributed by atoms with van der Waals surface area (Å²) in [6.45, 7) is 5.57. The van der Waals surface area contributed by atoms with E-state index >= 15 is 0 Å². The molecule has 0 aromatic heterocycles. The average molecular weight is 554 g/mol. The highest BCUT2D eigenvalue weighted by Crippen LogP contribution is 2.33.